The van der Waals surface area contributed by atoms with Crippen molar-refractivity contribution >= 4 is 23.1 Å². The second-order valence-corrected chi connectivity index (χ2v) is 9.01. The van der Waals surface area contributed by atoms with Gasteiger partial charge in [-0.3, -0.25) is 9.59 Å². The zero-order valence-electron chi connectivity index (χ0n) is 19.3. The second kappa shape index (κ2) is 9.36. The number of carbonyl (C=O) groups is 2. The smallest absolute Gasteiger partial charge is 0.382 e. The normalized spacial score (nSPS) is 18.3. The van der Waals surface area contributed by atoms with Crippen LogP contribution in [0.4, 0.5) is 27.8 Å². The summed E-state index contributed by atoms with van der Waals surface area (Å²) in [6.07, 6.45) is -5.23. The summed E-state index contributed by atoms with van der Waals surface area (Å²) in [5.74, 6) is -2.72. The number of amides is 2. The van der Waals surface area contributed by atoms with Crippen LogP contribution >= 0.6 is 0 Å². The topological polar surface area (TPSA) is 106 Å². The number of nitrogens with zero attached hydrogens (tertiary/aromatic N) is 4. The number of aromatic nitrogens is 3. The molecule has 0 radical (unpaired) electrons. The number of nitrogen functional groups attached to an aromatic ring is 1. The van der Waals surface area contributed by atoms with E-state index in [1.807, 2.05) is 13.8 Å². The maximum absolute atomic E-state index is 15.5. The van der Waals surface area contributed by atoms with Gasteiger partial charge in [-0.05, 0) is 24.1 Å². The quantitative estimate of drug-likeness (QED) is 0.512. The number of hydrogen-bond acceptors (Lipinski definition) is 5. The van der Waals surface area contributed by atoms with Gasteiger partial charge in [-0.15, -0.1) is 0 Å². The molecule has 4 rings (SSSR count). The molecule has 0 bridgehead atoms. The third kappa shape index (κ3) is 4.69. The van der Waals surface area contributed by atoms with Crippen LogP contribution < -0.4 is 11.1 Å². The van der Waals surface area contributed by atoms with E-state index in [1.165, 1.54) is 17.0 Å². The fourth-order valence-corrected chi connectivity index (χ4v) is 4.21. The van der Waals surface area contributed by atoms with Crippen molar-refractivity contribution in [1.29, 1.82) is 0 Å². The first kappa shape index (κ1) is 25.3. The van der Waals surface area contributed by atoms with Gasteiger partial charge in [-0.25, -0.2) is 18.3 Å². The van der Waals surface area contributed by atoms with Crippen LogP contribution in [0.2, 0.25) is 0 Å². The Bertz CT molecular complexity index is 1320. The fourth-order valence-electron chi connectivity index (χ4n) is 4.21. The molecule has 2 amide bonds. The lowest BCUT2D eigenvalue weighted by Gasteiger charge is -2.18. The van der Waals surface area contributed by atoms with Crippen LogP contribution in [-0.4, -0.2) is 56.6 Å². The van der Waals surface area contributed by atoms with E-state index in [-0.39, 0.29) is 42.6 Å². The Morgan fingerprint density at radius 3 is 2.64 bits per heavy atom. The minimum absolute atomic E-state index is 0.0738. The predicted molar refractivity (Wildman–Crippen MR) is 120 cm³/mol. The molecule has 1 aromatic carbocycles. The molecule has 0 saturated carbocycles. The van der Waals surface area contributed by atoms with Crippen molar-refractivity contribution in [2.75, 3.05) is 18.8 Å². The third-order valence-electron chi connectivity index (χ3n) is 5.91. The number of halogens is 5. The Labute approximate surface area is 202 Å². The first-order valence-corrected chi connectivity index (χ1v) is 11.1. The number of fused-ring (bicyclic) bond motifs is 1. The summed E-state index contributed by atoms with van der Waals surface area (Å²) in [6.45, 7) is 3.43. The molecule has 36 heavy (non-hydrogen) atoms. The highest BCUT2D eigenvalue weighted by Gasteiger charge is 2.38. The monoisotopic (exact) mass is 510 g/mol. The molecule has 1 saturated heterocycles. The van der Waals surface area contributed by atoms with Gasteiger partial charge >= 0.3 is 6.18 Å². The third-order valence-corrected chi connectivity index (χ3v) is 5.91. The molecule has 13 heteroatoms. The summed E-state index contributed by atoms with van der Waals surface area (Å²) < 4.78 is 71.7. The highest BCUT2D eigenvalue weighted by atomic mass is 19.4. The van der Waals surface area contributed by atoms with Gasteiger partial charge in [0.15, 0.2) is 5.82 Å². The van der Waals surface area contributed by atoms with Gasteiger partial charge in [0.05, 0.1) is 29.4 Å². The van der Waals surface area contributed by atoms with Crippen molar-refractivity contribution in [1.82, 2.24) is 24.8 Å². The molecule has 0 aliphatic carbocycles. The van der Waals surface area contributed by atoms with E-state index in [2.05, 4.69) is 15.4 Å². The van der Waals surface area contributed by atoms with Crippen molar-refractivity contribution in [2.45, 2.75) is 38.7 Å². The van der Waals surface area contributed by atoms with E-state index < -0.39 is 52.6 Å². The molecular formula is C23H23F5N6O2. The average molecular weight is 510 g/mol. The number of rotatable bonds is 5. The zero-order valence-corrected chi connectivity index (χ0v) is 19.3. The van der Waals surface area contributed by atoms with Gasteiger partial charge in [-0.2, -0.15) is 18.3 Å². The largest absolute Gasteiger partial charge is 0.418 e. The van der Waals surface area contributed by atoms with E-state index in [4.69, 9.17) is 5.73 Å². The van der Waals surface area contributed by atoms with Crippen LogP contribution in [0.1, 0.15) is 36.2 Å². The van der Waals surface area contributed by atoms with E-state index in [0.29, 0.717) is 6.07 Å². The van der Waals surface area contributed by atoms with Crippen molar-refractivity contribution in [3.63, 3.8) is 0 Å². The summed E-state index contributed by atoms with van der Waals surface area (Å²) in [6, 6.07) is 3.21. The van der Waals surface area contributed by atoms with Crippen LogP contribution in [0.15, 0.2) is 30.6 Å². The molecule has 1 fully saturated rings. The molecule has 192 valence electrons. The van der Waals surface area contributed by atoms with Gasteiger partial charge in [0.25, 0.3) is 5.91 Å². The zero-order chi connectivity index (χ0) is 26.4. The Hall–Kier alpha value is -3.77. The van der Waals surface area contributed by atoms with E-state index in [1.54, 1.807) is 0 Å². The number of benzene rings is 1. The molecule has 0 unspecified atom stereocenters. The molecule has 0 spiro atoms. The maximum Gasteiger partial charge on any atom is 0.418 e. The molecule has 2 atom stereocenters. The van der Waals surface area contributed by atoms with E-state index in [9.17, 15) is 27.2 Å². The highest BCUT2D eigenvalue weighted by Crippen LogP contribution is 2.39. The Balaban J connectivity index is 1.64. The fraction of sp³-hybridized carbons (Fsp3) is 0.391. The lowest BCUT2D eigenvalue weighted by atomic mass is 10.1. The van der Waals surface area contributed by atoms with Gasteiger partial charge in [0, 0.05) is 18.5 Å². The summed E-state index contributed by atoms with van der Waals surface area (Å²) in [5.41, 5.74) is 2.77. The minimum atomic E-state index is -4.83. The predicted octanol–water partition coefficient (Wildman–Crippen LogP) is 3.46. The van der Waals surface area contributed by atoms with Crippen LogP contribution in [0.25, 0.3) is 16.8 Å². The van der Waals surface area contributed by atoms with Gasteiger partial charge < -0.3 is 16.0 Å². The number of nitrogens with one attached hydrogen (secondary N) is 1. The van der Waals surface area contributed by atoms with Crippen molar-refractivity contribution in [3.8, 4) is 11.3 Å². The van der Waals surface area contributed by atoms with Gasteiger partial charge in [0.1, 0.15) is 23.8 Å². The van der Waals surface area contributed by atoms with Gasteiger partial charge in [-0.1, -0.05) is 19.9 Å². The molecule has 2 aromatic heterocycles. The number of anilines is 1. The Kier molecular flexibility index (Phi) is 6.58. The number of likely N-dealkylation sites (tertiary alicyclic amines) is 1. The summed E-state index contributed by atoms with van der Waals surface area (Å²) in [7, 11) is 0. The first-order valence-electron chi connectivity index (χ1n) is 11.1. The van der Waals surface area contributed by atoms with Crippen molar-refractivity contribution in [2.24, 2.45) is 5.92 Å². The number of nitrogens with two attached hydrogens (primary N) is 1. The highest BCUT2D eigenvalue weighted by molar-refractivity contribution is 5.96. The van der Waals surface area contributed by atoms with Crippen LogP contribution in [-0.2, 0) is 11.0 Å². The van der Waals surface area contributed by atoms with E-state index in [0.717, 1.165) is 16.9 Å². The maximum atomic E-state index is 15.5. The first-order chi connectivity index (χ1) is 16.9. The standard InChI is InChI=1S/C23H23F5N6O2/c1-11(2)6-18(35)33-8-15(24)16(9-33)32-22(36)13-5-3-4-12(19(13)25)17-7-14(23(26,27)28)20-21(29)30-10-31-34(17)20/h3-5,7,10-11,15-16H,6,8-9H2,1-2H3,(H,32,36)(H2,29,30,31)/t15-,16+/m0/s1. The van der Waals surface area contributed by atoms with Gasteiger partial charge in [0.2, 0.25) is 5.91 Å². The lowest BCUT2D eigenvalue weighted by molar-refractivity contribution is -0.136. The van der Waals surface area contributed by atoms with Crippen LogP contribution in [0.3, 0.4) is 0 Å². The molecule has 8 nitrogen and oxygen atoms in total. The molecule has 1 aliphatic heterocycles. The van der Waals surface area contributed by atoms with Crippen molar-refractivity contribution < 1.29 is 31.5 Å². The van der Waals surface area contributed by atoms with Crippen LogP contribution in [0, 0.1) is 11.7 Å². The summed E-state index contributed by atoms with van der Waals surface area (Å²) >= 11 is 0. The lowest BCUT2D eigenvalue weighted by Crippen LogP contribution is -2.42. The Morgan fingerprint density at radius 2 is 1.97 bits per heavy atom. The number of carbonyl (C=O) groups excluding carboxylic acids is 2. The molecule has 1 aliphatic rings. The number of hydrogen-bond donors (Lipinski definition) is 2. The van der Waals surface area contributed by atoms with Crippen molar-refractivity contribution in [3.05, 3.63) is 47.5 Å². The SMILES string of the molecule is CC(C)CC(=O)N1C[C@H](F)[C@H](NC(=O)c2cccc(-c3cc(C(F)(F)F)c4c(N)ncnn34)c2F)C1. The molecule has 3 aromatic rings. The second-order valence-electron chi connectivity index (χ2n) is 9.01. The minimum Gasteiger partial charge on any atom is -0.382 e. The molecule has 3 heterocycles. The Morgan fingerprint density at radius 1 is 1.25 bits per heavy atom. The number of alkyl halides is 4. The van der Waals surface area contributed by atoms with Crippen LogP contribution in [0.5, 0.6) is 0 Å². The summed E-state index contributed by atoms with van der Waals surface area (Å²) in [4.78, 5) is 30.0. The summed E-state index contributed by atoms with van der Waals surface area (Å²) in [5, 5.41) is 6.18. The average Bonchev–Trinajstić information content (AvgIpc) is 3.35. The molecule has 3 N–H and O–H groups in total. The molecular weight excluding hydrogens is 487 g/mol. The van der Waals surface area contributed by atoms with E-state index >= 15 is 4.39 Å².